The Bertz CT molecular complexity index is 315. The summed E-state index contributed by atoms with van der Waals surface area (Å²) < 4.78 is 11.5. The number of rotatable bonds is 4. The number of benzene rings is 1. The second kappa shape index (κ2) is 5.22. The van der Waals surface area contributed by atoms with Gasteiger partial charge in [0.05, 0.1) is 14.2 Å². The molecule has 0 saturated carbocycles. The van der Waals surface area contributed by atoms with Crippen LogP contribution in [0.2, 0.25) is 0 Å². The van der Waals surface area contributed by atoms with Crippen molar-refractivity contribution in [3.8, 4) is 11.5 Å². The van der Waals surface area contributed by atoms with Crippen LogP contribution in [-0.2, 0) is 6.42 Å². The van der Waals surface area contributed by atoms with E-state index in [0.717, 1.165) is 28.0 Å². The van der Waals surface area contributed by atoms with E-state index < -0.39 is 0 Å². The quantitative estimate of drug-likeness (QED) is 0.900. The van der Waals surface area contributed by atoms with Crippen molar-refractivity contribution in [2.75, 3.05) is 20.8 Å². The standard InChI is InChI=1S/C10H14BrNO2/c1-13-9-4-3-8(11)7(5-6-12)10(9)14-2/h3-4H,5-6,12H2,1-2H3. The molecule has 0 heterocycles. The number of ether oxygens (including phenoxy) is 2. The number of hydrogen-bond acceptors (Lipinski definition) is 3. The molecule has 0 aliphatic heterocycles. The minimum atomic E-state index is 0.585. The summed E-state index contributed by atoms with van der Waals surface area (Å²) in [7, 11) is 3.25. The zero-order valence-electron chi connectivity index (χ0n) is 8.34. The van der Waals surface area contributed by atoms with Gasteiger partial charge in [0.2, 0.25) is 0 Å². The summed E-state index contributed by atoms with van der Waals surface area (Å²) >= 11 is 3.46. The minimum absolute atomic E-state index is 0.585. The average Bonchev–Trinajstić information content (AvgIpc) is 2.21. The Morgan fingerprint density at radius 1 is 1.29 bits per heavy atom. The van der Waals surface area contributed by atoms with Gasteiger partial charge < -0.3 is 15.2 Å². The minimum Gasteiger partial charge on any atom is -0.493 e. The van der Waals surface area contributed by atoms with E-state index in [4.69, 9.17) is 15.2 Å². The second-order valence-electron chi connectivity index (χ2n) is 2.80. The number of methoxy groups -OCH3 is 2. The molecule has 0 radical (unpaired) electrons. The maximum atomic E-state index is 5.53. The molecule has 0 fully saturated rings. The molecule has 0 amide bonds. The third-order valence-electron chi connectivity index (χ3n) is 1.99. The molecule has 2 N–H and O–H groups in total. The molecule has 1 rings (SSSR count). The van der Waals surface area contributed by atoms with Gasteiger partial charge in [-0.15, -0.1) is 0 Å². The Kier molecular flexibility index (Phi) is 4.22. The normalized spacial score (nSPS) is 10.0. The van der Waals surface area contributed by atoms with E-state index in [1.807, 2.05) is 12.1 Å². The molecule has 1 aromatic carbocycles. The smallest absolute Gasteiger partial charge is 0.165 e. The van der Waals surface area contributed by atoms with Gasteiger partial charge in [-0.1, -0.05) is 15.9 Å². The maximum Gasteiger partial charge on any atom is 0.165 e. The van der Waals surface area contributed by atoms with Gasteiger partial charge in [0.1, 0.15) is 0 Å². The lowest BCUT2D eigenvalue weighted by atomic mass is 10.1. The van der Waals surface area contributed by atoms with Gasteiger partial charge in [-0.2, -0.15) is 0 Å². The highest BCUT2D eigenvalue weighted by Crippen LogP contribution is 2.35. The van der Waals surface area contributed by atoms with Crippen molar-refractivity contribution in [3.05, 3.63) is 22.2 Å². The first-order valence-electron chi connectivity index (χ1n) is 4.34. The van der Waals surface area contributed by atoms with Crippen LogP contribution in [0.3, 0.4) is 0 Å². The summed E-state index contributed by atoms with van der Waals surface area (Å²) in [6.07, 6.45) is 0.765. The SMILES string of the molecule is COc1ccc(Br)c(CCN)c1OC. The summed E-state index contributed by atoms with van der Waals surface area (Å²) in [5.74, 6) is 1.49. The van der Waals surface area contributed by atoms with Crippen LogP contribution in [0.15, 0.2) is 16.6 Å². The summed E-state index contributed by atoms with van der Waals surface area (Å²) in [6.45, 7) is 0.585. The molecule has 0 atom stereocenters. The molecule has 0 aliphatic rings. The number of hydrogen-bond donors (Lipinski definition) is 1. The molecule has 0 aliphatic carbocycles. The van der Waals surface area contributed by atoms with Gasteiger partial charge >= 0.3 is 0 Å². The monoisotopic (exact) mass is 259 g/mol. The predicted molar refractivity (Wildman–Crippen MR) is 60.0 cm³/mol. The third-order valence-corrected chi connectivity index (χ3v) is 2.73. The van der Waals surface area contributed by atoms with Crippen LogP contribution in [0.5, 0.6) is 11.5 Å². The molecule has 4 heteroatoms. The van der Waals surface area contributed by atoms with E-state index in [9.17, 15) is 0 Å². The molecule has 0 spiro atoms. The fourth-order valence-corrected chi connectivity index (χ4v) is 1.85. The highest BCUT2D eigenvalue weighted by atomic mass is 79.9. The van der Waals surface area contributed by atoms with E-state index >= 15 is 0 Å². The van der Waals surface area contributed by atoms with Crippen molar-refractivity contribution in [2.45, 2.75) is 6.42 Å². The first kappa shape index (κ1) is 11.3. The predicted octanol–water partition coefficient (Wildman–Crippen LogP) is 1.97. The Labute approximate surface area is 92.3 Å². The lowest BCUT2D eigenvalue weighted by molar-refractivity contribution is 0.351. The summed E-state index contributed by atoms with van der Waals surface area (Å²) in [4.78, 5) is 0. The highest BCUT2D eigenvalue weighted by Gasteiger charge is 2.12. The van der Waals surface area contributed by atoms with Gasteiger partial charge in [0, 0.05) is 10.0 Å². The first-order valence-corrected chi connectivity index (χ1v) is 5.13. The molecule has 1 aromatic rings. The average molecular weight is 260 g/mol. The zero-order valence-corrected chi connectivity index (χ0v) is 9.93. The molecule has 0 unspecified atom stereocenters. The maximum absolute atomic E-state index is 5.53. The fourth-order valence-electron chi connectivity index (χ4n) is 1.34. The highest BCUT2D eigenvalue weighted by molar-refractivity contribution is 9.10. The van der Waals surface area contributed by atoms with Gasteiger partial charge in [-0.05, 0) is 25.1 Å². The Balaban J connectivity index is 3.20. The van der Waals surface area contributed by atoms with E-state index in [1.165, 1.54) is 0 Å². The van der Waals surface area contributed by atoms with Gasteiger partial charge in [-0.3, -0.25) is 0 Å². The van der Waals surface area contributed by atoms with E-state index in [-0.39, 0.29) is 0 Å². The van der Waals surface area contributed by atoms with E-state index in [0.29, 0.717) is 6.54 Å². The molecule has 0 saturated heterocycles. The molecule has 78 valence electrons. The molecular weight excluding hydrogens is 246 g/mol. The van der Waals surface area contributed by atoms with Crippen LogP contribution >= 0.6 is 15.9 Å². The second-order valence-corrected chi connectivity index (χ2v) is 3.65. The number of halogens is 1. The van der Waals surface area contributed by atoms with Crippen LogP contribution in [0.1, 0.15) is 5.56 Å². The lowest BCUT2D eigenvalue weighted by Gasteiger charge is -2.13. The first-order chi connectivity index (χ1) is 6.74. The Morgan fingerprint density at radius 3 is 2.50 bits per heavy atom. The van der Waals surface area contributed by atoms with Crippen LogP contribution < -0.4 is 15.2 Å². The van der Waals surface area contributed by atoms with Crippen molar-refractivity contribution in [1.82, 2.24) is 0 Å². The third kappa shape index (κ3) is 2.19. The van der Waals surface area contributed by atoms with Crippen molar-refractivity contribution >= 4 is 15.9 Å². The van der Waals surface area contributed by atoms with Gasteiger partial charge in [-0.25, -0.2) is 0 Å². The zero-order chi connectivity index (χ0) is 10.6. The van der Waals surface area contributed by atoms with E-state index in [1.54, 1.807) is 14.2 Å². The molecule has 14 heavy (non-hydrogen) atoms. The van der Waals surface area contributed by atoms with Crippen molar-refractivity contribution < 1.29 is 9.47 Å². The molecule has 0 aromatic heterocycles. The summed E-state index contributed by atoms with van der Waals surface area (Å²) in [5.41, 5.74) is 6.58. The summed E-state index contributed by atoms with van der Waals surface area (Å²) in [6, 6.07) is 3.80. The van der Waals surface area contributed by atoms with Crippen LogP contribution in [-0.4, -0.2) is 20.8 Å². The van der Waals surface area contributed by atoms with Gasteiger partial charge in [0.15, 0.2) is 11.5 Å². The van der Waals surface area contributed by atoms with Crippen molar-refractivity contribution in [1.29, 1.82) is 0 Å². The van der Waals surface area contributed by atoms with Crippen molar-refractivity contribution in [3.63, 3.8) is 0 Å². The molecule has 3 nitrogen and oxygen atoms in total. The van der Waals surface area contributed by atoms with Crippen molar-refractivity contribution in [2.24, 2.45) is 5.73 Å². The van der Waals surface area contributed by atoms with Crippen LogP contribution in [0, 0.1) is 0 Å². The largest absolute Gasteiger partial charge is 0.493 e. The summed E-state index contributed by atoms with van der Waals surface area (Å²) in [5, 5.41) is 0. The van der Waals surface area contributed by atoms with Crippen LogP contribution in [0.25, 0.3) is 0 Å². The molecule has 0 bridgehead atoms. The fraction of sp³-hybridized carbons (Fsp3) is 0.400. The Hall–Kier alpha value is -0.740. The van der Waals surface area contributed by atoms with Gasteiger partial charge in [0.25, 0.3) is 0 Å². The molecular formula is C10H14BrNO2. The lowest BCUT2D eigenvalue weighted by Crippen LogP contribution is -2.05. The topological polar surface area (TPSA) is 44.5 Å². The van der Waals surface area contributed by atoms with Crippen LogP contribution in [0.4, 0.5) is 0 Å². The number of nitrogens with two attached hydrogens (primary N) is 1. The van der Waals surface area contributed by atoms with E-state index in [2.05, 4.69) is 15.9 Å². The Morgan fingerprint density at radius 2 is 2.00 bits per heavy atom.